The van der Waals surface area contributed by atoms with Crippen molar-refractivity contribution in [3.8, 4) is 0 Å². The van der Waals surface area contributed by atoms with Crippen LogP contribution in [-0.2, 0) is 13.6 Å². The summed E-state index contributed by atoms with van der Waals surface area (Å²) in [4.78, 5) is 1.86. The van der Waals surface area contributed by atoms with Gasteiger partial charge in [0.15, 0.2) is 0 Å². The fraction of sp³-hybridized carbons (Fsp3) is 0.438. The topological polar surface area (TPSA) is 33.1 Å². The number of nitrogens with one attached hydrogen (secondary N) is 1. The van der Waals surface area contributed by atoms with E-state index in [0.717, 1.165) is 36.6 Å². The van der Waals surface area contributed by atoms with Gasteiger partial charge < -0.3 is 10.2 Å². The van der Waals surface area contributed by atoms with Crippen molar-refractivity contribution in [1.29, 1.82) is 0 Å². The van der Waals surface area contributed by atoms with Crippen molar-refractivity contribution < 1.29 is 4.39 Å². The standard InChI is InChI=1S/C16H23FN4/c1-5-10-18-11-13-12(2)19-21(4)16(13)20(3)15-9-7-6-8-14(15)17/h6-9,18H,5,10-11H2,1-4H3. The highest BCUT2D eigenvalue weighted by Gasteiger charge is 2.19. The molecule has 4 nitrogen and oxygen atoms in total. The molecule has 1 N–H and O–H groups in total. The van der Waals surface area contributed by atoms with Crippen LogP contribution in [0.4, 0.5) is 15.9 Å². The van der Waals surface area contributed by atoms with Gasteiger partial charge in [0.2, 0.25) is 0 Å². The smallest absolute Gasteiger partial charge is 0.146 e. The van der Waals surface area contributed by atoms with Crippen LogP contribution in [-0.4, -0.2) is 23.4 Å². The van der Waals surface area contributed by atoms with Crippen LogP contribution >= 0.6 is 0 Å². The summed E-state index contributed by atoms with van der Waals surface area (Å²) in [5, 5.41) is 7.87. The normalized spacial score (nSPS) is 10.9. The number of hydrogen-bond acceptors (Lipinski definition) is 3. The van der Waals surface area contributed by atoms with Gasteiger partial charge in [0.05, 0.1) is 11.4 Å². The molecule has 1 aromatic heterocycles. The Kier molecular flexibility index (Phi) is 4.96. The molecule has 0 amide bonds. The predicted octanol–water partition coefficient (Wildman–Crippen LogP) is 3.14. The van der Waals surface area contributed by atoms with E-state index in [0.29, 0.717) is 5.69 Å². The molecule has 114 valence electrons. The van der Waals surface area contributed by atoms with E-state index in [-0.39, 0.29) is 5.82 Å². The fourth-order valence-electron chi connectivity index (χ4n) is 2.54. The Morgan fingerprint density at radius 3 is 2.71 bits per heavy atom. The van der Waals surface area contributed by atoms with Crippen molar-refractivity contribution in [3.63, 3.8) is 0 Å². The Balaban J connectivity index is 2.36. The molecule has 1 aromatic carbocycles. The molecule has 0 aliphatic carbocycles. The molecule has 0 fully saturated rings. The highest BCUT2D eigenvalue weighted by Crippen LogP contribution is 2.30. The minimum Gasteiger partial charge on any atom is -0.327 e. The number of halogens is 1. The Morgan fingerprint density at radius 2 is 2.05 bits per heavy atom. The Labute approximate surface area is 125 Å². The van der Waals surface area contributed by atoms with Gasteiger partial charge in [-0.3, -0.25) is 4.68 Å². The molecule has 0 radical (unpaired) electrons. The first-order valence-corrected chi connectivity index (χ1v) is 7.27. The quantitative estimate of drug-likeness (QED) is 0.830. The second kappa shape index (κ2) is 6.72. The molecule has 0 aliphatic heterocycles. The lowest BCUT2D eigenvalue weighted by molar-refractivity contribution is 0.625. The highest BCUT2D eigenvalue weighted by atomic mass is 19.1. The van der Waals surface area contributed by atoms with Gasteiger partial charge in [-0.05, 0) is 32.0 Å². The van der Waals surface area contributed by atoms with E-state index in [1.54, 1.807) is 12.1 Å². The Hall–Kier alpha value is -1.88. The maximum absolute atomic E-state index is 14.0. The maximum atomic E-state index is 14.0. The minimum absolute atomic E-state index is 0.230. The zero-order valence-corrected chi connectivity index (χ0v) is 13.2. The lowest BCUT2D eigenvalue weighted by atomic mass is 10.2. The predicted molar refractivity (Wildman–Crippen MR) is 84.4 cm³/mol. The Bertz CT molecular complexity index is 606. The number of benzene rings is 1. The van der Waals surface area contributed by atoms with E-state index < -0.39 is 0 Å². The minimum atomic E-state index is -0.230. The third-order valence-corrected chi connectivity index (χ3v) is 3.57. The van der Waals surface area contributed by atoms with Gasteiger partial charge in [0.25, 0.3) is 0 Å². The molecule has 2 aromatic rings. The van der Waals surface area contributed by atoms with Crippen LogP contribution in [0.5, 0.6) is 0 Å². The molecule has 0 saturated carbocycles. The van der Waals surface area contributed by atoms with Gasteiger partial charge in [-0.2, -0.15) is 5.10 Å². The number of rotatable bonds is 6. The lowest BCUT2D eigenvalue weighted by Crippen LogP contribution is -2.20. The van der Waals surface area contributed by atoms with Crippen LogP contribution in [0, 0.1) is 12.7 Å². The summed E-state index contributed by atoms with van der Waals surface area (Å²) < 4.78 is 15.8. The van der Waals surface area contributed by atoms with E-state index in [9.17, 15) is 4.39 Å². The first-order valence-electron chi connectivity index (χ1n) is 7.27. The van der Waals surface area contributed by atoms with Gasteiger partial charge in [-0.15, -0.1) is 0 Å². The third-order valence-electron chi connectivity index (χ3n) is 3.57. The summed E-state index contributed by atoms with van der Waals surface area (Å²) >= 11 is 0. The fourth-order valence-corrected chi connectivity index (χ4v) is 2.54. The lowest BCUT2D eigenvalue weighted by Gasteiger charge is -2.22. The molecule has 1 heterocycles. The molecular weight excluding hydrogens is 267 g/mol. The van der Waals surface area contributed by atoms with Crippen LogP contribution in [0.2, 0.25) is 0 Å². The highest BCUT2D eigenvalue weighted by molar-refractivity contribution is 5.64. The molecule has 5 heteroatoms. The summed E-state index contributed by atoms with van der Waals surface area (Å²) in [6.07, 6.45) is 1.08. The SMILES string of the molecule is CCCNCc1c(C)nn(C)c1N(C)c1ccccc1F. The molecular formula is C16H23FN4. The summed E-state index contributed by atoms with van der Waals surface area (Å²) in [6, 6.07) is 6.79. The largest absolute Gasteiger partial charge is 0.327 e. The number of anilines is 2. The summed E-state index contributed by atoms with van der Waals surface area (Å²) in [7, 11) is 3.77. The van der Waals surface area contributed by atoms with Gasteiger partial charge in [0, 0.05) is 26.2 Å². The third kappa shape index (κ3) is 3.24. The van der Waals surface area contributed by atoms with Crippen LogP contribution in [0.1, 0.15) is 24.6 Å². The van der Waals surface area contributed by atoms with E-state index >= 15 is 0 Å². The van der Waals surface area contributed by atoms with E-state index in [1.807, 2.05) is 36.7 Å². The van der Waals surface area contributed by atoms with Crippen LogP contribution in [0.25, 0.3) is 0 Å². The van der Waals surface area contributed by atoms with Crippen molar-refractivity contribution in [2.24, 2.45) is 7.05 Å². The second-order valence-electron chi connectivity index (χ2n) is 5.20. The molecule has 21 heavy (non-hydrogen) atoms. The molecule has 2 rings (SSSR count). The molecule has 0 aliphatic rings. The summed E-state index contributed by atoms with van der Waals surface area (Å²) in [5.74, 6) is 0.688. The zero-order valence-electron chi connectivity index (χ0n) is 13.2. The van der Waals surface area contributed by atoms with Crippen molar-refractivity contribution >= 4 is 11.5 Å². The van der Waals surface area contributed by atoms with E-state index in [2.05, 4.69) is 17.3 Å². The zero-order chi connectivity index (χ0) is 15.4. The molecule has 0 atom stereocenters. The van der Waals surface area contributed by atoms with Gasteiger partial charge >= 0.3 is 0 Å². The van der Waals surface area contributed by atoms with Crippen molar-refractivity contribution in [1.82, 2.24) is 15.1 Å². The van der Waals surface area contributed by atoms with Crippen LogP contribution in [0.3, 0.4) is 0 Å². The van der Waals surface area contributed by atoms with E-state index in [4.69, 9.17) is 0 Å². The first-order chi connectivity index (χ1) is 10.1. The molecule has 0 unspecified atom stereocenters. The second-order valence-corrected chi connectivity index (χ2v) is 5.20. The average molecular weight is 290 g/mol. The van der Waals surface area contributed by atoms with Gasteiger partial charge in [-0.25, -0.2) is 4.39 Å². The number of nitrogens with zero attached hydrogens (tertiary/aromatic N) is 3. The molecule has 0 bridgehead atoms. The number of para-hydroxylation sites is 1. The van der Waals surface area contributed by atoms with Crippen LogP contribution in [0.15, 0.2) is 24.3 Å². The molecule has 0 spiro atoms. The summed E-state index contributed by atoms with van der Waals surface area (Å²) in [6.45, 7) is 5.82. The van der Waals surface area contributed by atoms with Crippen molar-refractivity contribution in [2.45, 2.75) is 26.8 Å². The number of aryl methyl sites for hydroxylation is 2. The van der Waals surface area contributed by atoms with Gasteiger partial charge in [0.1, 0.15) is 11.6 Å². The number of hydrogen-bond donors (Lipinski definition) is 1. The number of aromatic nitrogens is 2. The maximum Gasteiger partial charge on any atom is 0.146 e. The van der Waals surface area contributed by atoms with Crippen LogP contribution < -0.4 is 10.2 Å². The monoisotopic (exact) mass is 290 g/mol. The Morgan fingerprint density at radius 1 is 1.33 bits per heavy atom. The van der Waals surface area contributed by atoms with Gasteiger partial charge in [-0.1, -0.05) is 19.1 Å². The summed E-state index contributed by atoms with van der Waals surface area (Å²) in [5.41, 5.74) is 2.63. The first kappa shape index (κ1) is 15.5. The van der Waals surface area contributed by atoms with Crippen molar-refractivity contribution in [3.05, 3.63) is 41.3 Å². The average Bonchev–Trinajstić information content (AvgIpc) is 2.73. The molecule has 0 saturated heterocycles. The van der Waals surface area contributed by atoms with Crippen molar-refractivity contribution in [2.75, 3.05) is 18.5 Å². The van der Waals surface area contributed by atoms with E-state index in [1.165, 1.54) is 6.07 Å².